The maximum absolute atomic E-state index is 12.8. The molecular weight excluding hydrogens is 259 g/mol. The van der Waals surface area contributed by atoms with Gasteiger partial charge in [-0.3, -0.25) is 4.79 Å². The Morgan fingerprint density at radius 3 is 2.50 bits per heavy atom. The van der Waals surface area contributed by atoms with Crippen LogP contribution in [0.2, 0.25) is 0 Å². The monoisotopic (exact) mass is 281 g/mol. The number of hydrogen-bond acceptors (Lipinski definition) is 2. The molecule has 0 unspecified atom stereocenters. The molecule has 2 atom stereocenters. The predicted molar refractivity (Wildman–Crippen MR) is 73.8 cm³/mol. The molecule has 1 aliphatic heterocycles. The standard InChI is InChI=1S/C15H21FN2O2/c1-11-8-18(9-12(2)20-11)10-15(19)17-7-13-3-5-14(16)6-4-13/h3-6,11-12H,7-10H2,1-2H3,(H,17,19)/p+1/t11-,12-/m0/s1. The van der Waals surface area contributed by atoms with Gasteiger partial charge < -0.3 is 15.0 Å². The van der Waals surface area contributed by atoms with Gasteiger partial charge in [-0.1, -0.05) is 12.1 Å². The highest BCUT2D eigenvalue weighted by atomic mass is 19.1. The van der Waals surface area contributed by atoms with E-state index in [9.17, 15) is 9.18 Å². The van der Waals surface area contributed by atoms with Gasteiger partial charge in [0, 0.05) is 6.54 Å². The van der Waals surface area contributed by atoms with Crippen molar-refractivity contribution in [2.24, 2.45) is 0 Å². The van der Waals surface area contributed by atoms with E-state index < -0.39 is 0 Å². The highest BCUT2D eigenvalue weighted by molar-refractivity contribution is 5.76. The van der Waals surface area contributed by atoms with Crippen LogP contribution < -0.4 is 10.2 Å². The smallest absolute Gasteiger partial charge is 0.275 e. The molecule has 2 rings (SSSR count). The second-order valence-electron chi connectivity index (χ2n) is 5.50. The molecule has 4 nitrogen and oxygen atoms in total. The fourth-order valence-corrected chi connectivity index (χ4v) is 2.63. The van der Waals surface area contributed by atoms with Gasteiger partial charge in [-0.25, -0.2) is 4.39 Å². The van der Waals surface area contributed by atoms with Crippen molar-refractivity contribution in [3.63, 3.8) is 0 Å². The fraction of sp³-hybridized carbons (Fsp3) is 0.533. The molecule has 0 aliphatic carbocycles. The first-order valence-electron chi connectivity index (χ1n) is 7.03. The summed E-state index contributed by atoms with van der Waals surface area (Å²) in [4.78, 5) is 13.2. The van der Waals surface area contributed by atoms with Gasteiger partial charge in [-0.2, -0.15) is 0 Å². The van der Waals surface area contributed by atoms with Crippen molar-refractivity contribution >= 4 is 5.91 Å². The van der Waals surface area contributed by atoms with Gasteiger partial charge in [0.25, 0.3) is 5.91 Å². The summed E-state index contributed by atoms with van der Waals surface area (Å²) >= 11 is 0. The van der Waals surface area contributed by atoms with Crippen molar-refractivity contribution in [3.05, 3.63) is 35.6 Å². The summed E-state index contributed by atoms with van der Waals surface area (Å²) in [6, 6.07) is 6.17. The lowest BCUT2D eigenvalue weighted by Gasteiger charge is -2.31. The normalized spacial score (nSPS) is 26.2. The van der Waals surface area contributed by atoms with Gasteiger partial charge in [-0.05, 0) is 31.5 Å². The van der Waals surface area contributed by atoms with Crippen LogP contribution in [0.15, 0.2) is 24.3 Å². The van der Waals surface area contributed by atoms with Gasteiger partial charge in [0.2, 0.25) is 0 Å². The Morgan fingerprint density at radius 1 is 1.30 bits per heavy atom. The number of morpholine rings is 1. The molecule has 0 bridgehead atoms. The first-order chi connectivity index (χ1) is 9.52. The van der Waals surface area contributed by atoms with Crippen LogP contribution >= 0.6 is 0 Å². The van der Waals surface area contributed by atoms with Crippen molar-refractivity contribution < 1.29 is 18.8 Å². The number of carbonyl (C=O) groups excluding carboxylic acids is 1. The SMILES string of the molecule is C[C@H]1C[NH+](CC(=O)NCc2ccc(F)cc2)C[C@H](C)O1. The highest BCUT2D eigenvalue weighted by Crippen LogP contribution is 2.02. The Kier molecular flexibility index (Phi) is 5.09. The van der Waals surface area contributed by atoms with E-state index in [-0.39, 0.29) is 23.9 Å². The zero-order chi connectivity index (χ0) is 14.5. The number of carbonyl (C=O) groups is 1. The number of rotatable bonds is 4. The fourth-order valence-electron chi connectivity index (χ4n) is 2.63. The molecule has 5 heteroatoms. The van der Waals surface area contributed by atoms with E-state index in [1.54, 1.807) is 12.1 Å². The van der Waals surface area contributed by atoms with Crippen LogP contribution in [0.1, 0.15) is 19.4 Å². The number of nitrogens with one attached hydrogen (secondary N) is 2. The molecular formula is C15H22FN2O2+. The lowest BCUT2D eigenvalue weighted by atomic mass is 10.2. The summed E-state index contributed by atoms with van der Waals surface area (Å²) in [5, 5.41) is 2.87. The van der Waals surface area contributed by atoms with E-state index >= 15 is 0 Å². The van der Waals surface area contributed by atoms with Crippen LogP contribution in [0.4, 0.5) is 4.39 Å². The first-order valence-corrected chi connectivity index (χ1v) is 7.03. The largest absolute Gasteiger partial charge is 0.364 e. The number of ether oxygens (including phenoxy) is 1. The average molecular weight is 281 g/mol. The van der Waals surface area contributed by atoms with Crippen molar-refractivity contribution in [1.29, 1.82) is 0 Å². The molecule has 1 aromatic carbocycles. The van der Waals surface area contributed by atoms with Crippen molar-refractivity contribution in [1.82, 2.24) is 5.32 Å². The summed E-state index contributed by atoms with van der Waals surface area (Å²) in [6.07, 6.45) is 0.386. The molecule has 0 spiro atoms. The molecule has 1 fully saturated rings. The van der Waals surface area contributed by atoms with E-state index in [0.29, 0.717) is 13.1 Å². The van der Waals surface area contributed by atoms with Crippen LogP contribution in [0.25, 0.3) is 0 Å². The molecule has 20 heavy (non-hydrogen) atoms. The van der Waals surface area contributed by atoms with Crippen molar-refractivity contribution in [2.75, 3.05) is 19.6 Å². The summed E-state index contributed by atoms with van der Waals surface area (Å²) in [5.41, 5.74) is 0.901. The van der Waals surface area contributed by atoms with E-state index in [2.05, 4.69) is 5.32 Å². The molecule has 110 valence electrons. The van der Waals surface area contributed by atoms with E-state index in [1.165, 1.54) is 17.0 Å². The molecule has 1 aromatic rings. The topological polar surface area (TPSA) is 42.8 Å². The van der Waals surface area contributed by atoms with Gasteiger partial charge in [0.05, 0.1) is 0 Å². The third kappa shape index (κ3) is 4.58. The third-order valence-electron chi connectivity index (χ3n) is 3.43. The second-order valence-corrected chi connectivity index (χ2v) is 5.50. The summed E-state index contributed by atoms with van der Waals surface area (Å²) in [5.74, 6) is -0.244. The first kappa shape index (κ1) is 14.9. The molecule has 0 radical (unpaired) electrons. The number of benzene rings is 1. The number of halogens is 1. The van der Waals surface area contributed by atoms with Crippen LogP contribution in [-0.4, -0.2) is 37.7 Å². The molecule has 1 aliphatic rings. The Bertz CT molecular complexity index is 440. The lowest BCUT2D eigenvalue weighted by Crippen LogP contribution is -3.16. The molecule has 1 heterocycles. The van der Waals surface area contributed by atoms with Crippen LogP contribution in [0.5, 0.6) is 0 Å². The Morgan fingerprint density at radius 2 is 1.90 bits per heavy atom. The van der Waals surface area contributed by atoms with E-state index in [4.69, 9.17) is 4.74 Å². The summed E-state index contributed by atoms with van der Waals surface area (Å²) in [7, 11) is 0. The number of hydrogen-bond donors (Lipinski definition) is 2. The second kappa shape index (κ2) is 6.81. The zero-order valence-corrected chi connectivity index (χ0v) is 12.0. The average Bonchev–Trinajstić information content (AvgIpc) is 2.37. The molecule has 0 aromatic heterocycles. The number of amides is 1. The minimum absolute atomic E-state index is 0.0191. The summed E-state index contributed by atoms with van der Waals surface area (Å²) < 4.78 is 18.4. The maximum atomic E-state index is 12.8. The van der Waals surface area contributed by atoms with Gasteiger partial charge in [0.15, 0.2) is 6.54 Å². The third-order valence-corrected chi connectivity index (χ3v) is 3.43. The molecule has 2 N–H and O–H groups in total. The Hall–Kier alpha value is -1.46. The van der Waals surface area contributed by atoms with Gasteiger partial charge >= 0.3 is 0 Å². The molecule has 0 saturated carbocycles. The van der Waals surface area contributed by atoms with E-state index in [0.717, 1.165) is 18.7 Å². The molecule has 1 saturated heterocycles. The number of quaternary nitrogens is 1. The zero-order valence-electron chi connectivity index (χ0n) is 12.0. The summed E-state index contributed by atoms with van der Waals surface area (Å²) in [6.45, 7) is 6.67. The van der Waals surface area contributed by atoms with Crippen LogP contribution in [-0.2, 0) is 16.1 Å². The van der Waals surface area contributed by atoms with E-state index in [1.807, 2.05) is 13.8 Å². The van der Waals surface area contributed by atoms with Crippen molar-refractivity contribution in [2.45, 2.75) is 32.6 Å². The Balaban J connectivity index is 1.76. The predicted octanol–water partition coefficient (Wildman–Crippen LogP) is 0.134. The van der Waals surface area contributed by atoms with Gasteiger partial charge in [0.1, 0.15) is 31.1 Å². The van der Waals surface area contributed by atoms with Crippen LogP contribution in [0, 0.1) is 5.82 Å². The van der Waals surface area contributed by atoms with Crippen LogP contribution in [0.3, 0.4) is 0 Å². The Labute approximate surface area is 118 Å². The van der Waals surface area contributed by atoms with Crippen molar-refractivity contribution in [3.8, 4) is 0 Å². The lowest BCUT2D eigenvalue weighted by molar-refractivity contribution is -0.907. The molecule has 1 amide bonds. The maximum Gasteiger partial charge on any atom is 0.275 e. The van der Waals surface area contributed by atoms with Gasteiger partial charge in [-0.15, -0.1) is 0 Å². The quantitative estimate of drug-likeness (QED) is 0.824. The highest BCUT2D eigenvalue weighted by Gasteiger charge is 2.26. The minimum atomic E-state index is -0.263. The minimum Gasteiger partial charge on any atom is -0.364 e.